The maximum absolute atomic E-state index is 13.5. The number of nitrogens with one attached hydrogen (secondary N) is 1. The Morgan fingerprint density at radius 3 is 2.22 bits per heavy atom. The van der Waals surface area contributed by atoms with Crippen molar-refractivity contribution in [1.29, 1.82) is 0 Å². The van der Waals surface area contributed by atoms with Crippen LogP contribution in [0.4, 0.5) is 5.69 Å². The maximum Gasteiger partial charge on any atom is 0.242 e. The average molecular weight is 611 g/mol. The highest BCUT2D eigenvalue weighted by molar-refractivity contribution is 7.92. The van der Waals surface area contributed by atoms with Crippen molar-refractivity contribution in [2.75, 3.05) is 23.7 Å². The number of hydrogen-bond acceptors (Lipinski definition) is 4. The van der Waals surface area contributed by atoms with E-state index in [-0.39, 0.29) is 48.5 Å². The lowest BCUT2D eigenvalue weighted by molar-refractivity contribution is -0.141. The Morgan fingerprint density at radius 1 is 1.00 bits per heavy atom. The highest BCUT2D eigenvalue weighted by atomic mass is 35.5. The van der Waals surface area contributed by atoms with Crippen LogP contribution in [-0.2, 0) is 26.2 Å². The van der Waals surface area contributed by atoms with Crippen molar-refractivity contribution in [3.8, 4) is 0 Å². The average Bonchev–Trinajstić information content (AvgIpc) is 2.83. The third kappa shape index (κ3) is 8.93. The van der Waals surface area contributed by atoms with Crippen molar-refractivity contribution >= 4 is 73.9 Å². The van der Waals surface area contributed by atoms with Crippen LogP contribution < -0.4 is 9.62 Å². The largest absolute Gasteiger partial charge is 0.354 e. The Bertz CT molecular complexity index is 1190. The monoisotopic (exact) mass is 609 g/mol. The van der Waals surface area contributed by atoms with Crippen molar-refractivity contribution in [1.82, 2.24) is 10.2 Å². The molecule has 0 fully saturated rings. The van der Waals surface area contributed by atoms with Crippen LogP contribution in [0.3, 0.4) is 0 Å². The van der Waals surface area contributed by atoms with E-state index in [1.807, 2.05) is 13.8 Å². The molecule has 0 radical (unpaired) electrons. The second-order valence-corrected chi connectivity index (χ2v) is 12.0. The molecule has 0 unspecified atom stereocenters. The molecule has 2 amide bonds. The predicted molar refractivity (Wildman–Crippen MR) is 152 cm³/mol. The number of carbonyl (C=O) groups is 2. The van der Waals surface area contributed by atoms with Crippen molar-refractivity contribution < 1.29 is 18.0 Å². The van der Waals surface area contributed by atoms with E-state index >= 15 is 0 Å². The molecule has 0 spiro atoms. The summed E-state index contributed by atoms with van der Waals surface area (Å²) in [5.74, 6) is -0.607. The Labute approximate surface area is 239 Å². The third-order valence-corrected chi connectivity index (χ3v) is 8.10. The van der Waals surface area contributed by atoms with Gasteiger partial charge >= 0.3 is 0 Å². The van der Waals surface area contributed by atoms with E-state index in [0.717, 1.165) is 17.0 Å². The van der Waals surface area contributed by atoms with Gasteiger partial charge in [0.05, 0.1) is 17.0 Å². The molecule has 37 heavy (non-hydrogen) atoms. The van der Waals surface area contributed by atoms with Crippen molar-refractivity contribution in [3.05, 3.63) is 62.1 Å². The normalized spacial score (nSPS) is 12.2. The van der Waals surface area contributed by atoms with Crippen LogP contribution in [0, 0.1) is 0 Å². The predicted octanol–water partition coefficient (Wildman–Crippen LogP) is 6.18. The van der Waals surface area contributed by atoms with Crippen LogP contribution in [0.25, 0.3) is 0 Å². The molecule has 0 aliphatic carbocycles. The minimum atomic E-state index is -3.71. The van der Waals surface area contributed by atoms with Crippen molar-refractivity contribution in [2.24, 2.45) is 0 Å². The topological polar surface area (TPSA) is 86.8 Å². The van der Waals surface area contributed by atoms with Gasteiger partial charge in [-0.3, -0.25) is 13.9 Å². The molecule has 0 bridgehead atoms. The van der Waals surface area contributed by atoms with Gasteiger partial charge in [-0.25, -0.2) is 8.42 Å². The standard InChI is InChI=1S/C25H31Cl4N3O4S/c1-4-13-30-25(34)22(5-2)31(16-18-19(27)8-6-9-20(18)28)24(33)10-7-14-32(37(3,35)36)23-15-17(26)11-12-21(23)29/h6,8-9,11-12,15,22H,4-5,7,10,13-14,16H2,1-3H3,(H,30,34)/t22-/m1/s1. The highest BCUT2D eigenvalue weighted by Crippen LogP contribution is 2.31. The number of hydrogen-bond donors (Lipinski definition) is 1. The summed E-state index contributed by atoms with van der Waals surface area (Å²) in [6, 6.07) is 8.82. The van der Waals surface area contributed by atoms with Crippen molar-refractivity contribution in [2.45, 2.75) is 52.1 Å². The number of halogens is 4. The fourth-order valence-corrected chi connectivity index (χ4v) is 5.72. The molecule has 2 aromatic carbocycles. The molecule has 1 N–H and O–H groups in total. The second-order valence-electron chi connectivity index (χ2n) is 8.47. The van der Waals surface area contributed by atoms with Crippen LogP contribution in [0.2, 0.25) is 20.1 Å². The van der Waals surface area contributed by atoms with E-state index in [2.05, 4.69) is 5.32 Å². The van der Waals surface area contributed by atoms with E-state index in [4.69, 9.17) is 46.4 Å². The molecule has 2 rings (SSSR count). The lowest BCUT2D eigenvalue weighted by Crippen LogP contribution is -2.49. The maximum atomic E-state index is 13.5. The molecule has 1 atom stereocenters. The summed E-state index contributed by atoms with van der Waals surface area (Å²) >= 11 is 25.0. The van der Waals surface area contributed by atoms with E-state index in [1.165, 1.54) is 17.0 Å². The molecule has 12 heteroatoms. The van der Waals surface area contributed by atoms with Gasteiger partial charge in [-0.05, 0) is 49.6 Å². The first-order chi connectivity index (χ1) is 17.4. The third-order valence-electron chi connectivity index (χ3n) is 5.65. The summed E-state index contributed by atoms with van der Waals surface area (Å²) in [5.41, 5.74) is 0.763. The van der Waals surface area contributed by atoms with Gasteiger partial charge in [0, 0.05) is 46.7 Å². The number of carbonyl (C=O) groups excluding carboxylic acids is 2. The van der Waals surface area contributed by atoms with Gasteiger partial charge in [0.1, 0.15) is 6.04 Å². The van der Waals surface area contributed by atoms with Gasteiger partial charge in [0.25, 0.3) is 0 Å². The Balaban J connectivity index is 2.29. The number of benzene rings is 2. The van der Waals surface area contributed by atoms with Crippen LogP contribution >= 0.6 is 46.4 Å². The minimum Gasteiger partial charge on any atom is -0.354 e. The van der Waals surface area contributed by atoms with Crippen LogP contribution in [0.5, 0.6) is 0 Å². The van der Waals surface area contributed by atoms with Crippen LogP contribution in [0.1, 0.15) is 45.1 Å². The number of amides is 2. The molecule has 7 nitrogen and oxygen atoms in total. The van der Waals surface area contributed by atoms with Crippen LogP contribution in [-0.4, -0.2) is 50.5 Å². The fraction of sp³-hybridized carbons (Fsp3) is 0.440. The molecular weight excluding hydrogens is 580 g/mol. The first-order valence-electron chi connectivity index (χ1n) is 11.8. The zero-order valence-electron chi connectivity index (χ0n) is 20.9. The van der Waals surface area contributed by atoms with E-state index in [9.17, 15) is 18.0 Å². The molecular formula is C25H31Cl4N3O4S. The SMILES string of the molecule is CCCNC(=O)[C@@H](CC)N(Cc1c(Cl)cccc1Cl)C(=O)CCCN(c1cc(Cl)ccc1Cl)S(C)(=O)=O. The molecule has 0 aliphatic heterocycles. The summed E-state index contributed by atoms with van der Waals surface area (Å²) in [4.78, 5) is 27.9. The number of nitrogens with zero attached hydrogens (tertiary/aromatic N) is 2. The second kappa shape index (κ2) is 14.4. The molecule has 0 aliphatic rings. The smallest absolute Gasteiger partial charge is 0.242 e. The zero-order valence-corrected chi connectivity index (χ0v) is 24.8. The minimum absolute atomic E-state index is 0.00977. The quantitative estimate of drug-likeness (QED) is 0.293. The van der Waals surface area contributed by atoms with Crippen LogP contribution in [0.15, 0.2) is 36.4 Å². The molecule has 0 aromatic heterocycles. The molecule has 204 valence electrons. The molecule has 0 saturated heterocycles. The lowest BCUT2D eigenvalue weighted by Gasteiger charge is -2.31. The van der Waals surface area contributed by atoms with Gasteiger partial charge in [-0.15, -0.1) is 0 Å². The Kier molecular flexibility index (Phi) is 12.3. The summed E-state index contributed by atoms with van der Waals surface area (Å²) in [5, 5.41) is 4.16. The Morgan fingerprint density at radius 2 is 1.65 bits per heavy atom. The molecule has 0 heterocycles. The van der Waals surface area contributed by atoms with Gasteiger partial charge < -0.3 is 10.2 Å². The number of anilines is 1. The summed E-state index contributed by atoms with van der Waals surface area (Å²) in [7, 11) is -3.71. The van der Waals surface area contributed by atoms with E-state index in [0.29, 0.717) is 33.6 Å². The van der Waals surface area contributed by atoms with E-state index < -0.39 is 16.1 Å². The Hall–Kier alpha value is -1.71. The fourth-order valence-electron chi connectivity index (χ4n) is 3.80. The van der Waals surface area contributed by atoms with Gasteiger partial charge in [-0.2, -0.15) is 0 Å². The molecule has 2 aromatic rings. The van der Waals surface area contributed by atoms with Gasteiger partial charge in [0.15, 0.2) is 0 Å². The first kappa shape index (κ1) is 31.5. The number of rotatable bonds is 13. The van der Waals surface area contributed by atoms with E-state index in [1.54, 1.807) is 24.3 Å². The van der Waals surface area contributed by atoms with Gasteiger partial charge in [-0.1, -0.05) is 66.3 Å². The first-order valence-corrected chi connectivity index (χ1v) is 15.2. The summed E-state index contributed by atoms with van der Waals surface area (Å²) in [6.45, 7) is 4.26. The van der Waals surface area contributed by atoms with Gasteiger partial charge in [0.2, 0.25) is 21.8 Å². The lowest BCUT2D eigenvalue weighted by atomic mass is 10.1. The summed E-state index contributed by atoms with van der Waals surface area (Å²) < 4.78 is 26.1. The zero-order chi connectivity index (χ0) is 27.8. The summed E-state index contributed by atoms with van der Waals surface area (Å²) in [6.07, 6.45) is 2.33. The number of sulfonamides is 1. The highest BCUT2D eigenvalue weighted by Gasteiger charge is 2.30. The van der Waals surface area contributed by atoms with Crippen molar-refractivity contribution in [3.63, 3.8) is 0 Å². The molecule has 0 saturated carbocycles.